The van der Waals surface area contributed by atoms with E-state index in [4.69, 9.17) is 5.11 Å². The van der Waals surface area contributed by atoms with Gasteiger partial charge in [0.05, 0.1) is 0 Å². The van der Waals surface area contributed by atoms with Crippen LogP contribution in [-0.2, 0) is 6.54 Å². The molecule has 1 N–H and O–H groups in total. The number of carbonyl (C=O) groups is 1. The van der Waals surface area contributed by atoms with Crippen LogP contribution in [-0.4, -0.2) is 22.1 Å². The van der Waals surface area contributed by atoms with Crippen LogP contribution in [0.3, 0.4) is 0 Å². The molecule has 0 aromatic carbocycles. The maximum Gasteiger partial charge on any atom is 0.167 e. The average molecular weight is 221 g/mol. The Hall–Kier alpha value is -1.09. The summed E-state index contributed by atoms with van der Waals surface area (Å²) in [6.45, 7) is 1.22. The van der Waals surface area contributed by atoms with Crippen molar-refractivity contribution in [3.63, 3.8) is 0 Å². The smallest absolute Gasteiger partial charge is 0.167 e. The molecule has 0 atom stereocenters. The van der Waals surface area contributed by atoms with E-state index < -0.39 is 0 Å². The summed E-state index contributed by atoms with van der Waals surface area (Å²) in [4.78, 5) is 11.8. The third-order valence-corrected chi connectivity index (χ3v) is 3.06. The number of hydrogen-bond acceptors (Lipinski definition) is 2. The van der Waals surface area contributed by atoms with Gasteiger partial charge >= 0.3 is 0 Å². The number of hydrogen-bond donors (Lipinski definition) is 1. The molecule has 0 spiro atoms. The van der Waals surface area contributed by atoms with Gasteiger partial charge in [-0.1, -0.05) is 0 Å². The summed E-state index contributed by atoms with van der Waals surface area (Å²) in [6, 6.07) is 1.92. The van der Waals surface area contributed by atoms with E-state index in [0.29, 0.717) is 11.7 Å². The van der Waals surface area contributed by atoms with Crippen molar-refractivity contribution in [2.75, 3.05) is 6.61 Å². The quantitative estimate of drug-likeness (QED) is 0.566. The van der Waals surface area contributed by atoms with Crippen LogP contribution in [0.1, 0.15) is 42.5 Å². The van der Waals surface area contributed by atoms with Gasteiger partial charge in [0.25, 0.3) is 0 Å². The fourth-order valence-corrected chi connectivity index (χ4v) is 1.89. The molecule has 1 aliphatic carbocycles. The second kappa shape index (κ2) is 5.30. The van der Waals surface area contributed by atoms with Gasteiger partial charge < -0.3 is 9.67 Å². The van der Waals surface area contributed by atoms with Crippen LogP contribution in [0.4, 0.5) is 0 Å². The van der Waals surface area contributed by atoms with Crippen molar-refractivity contribution < 1.29 is 9.90 Å². The summed E-state index contributed by atoms with van der Waals surface area (Å²) in [5.74, 6) is 0.624. The fourth-order valence-electron chi connectivity index (χ4n) is 1.89. The molecule has 3 heteroatoms. The molecule has 0 bridgehead atoms. The number of aromatic nitrogens is 1. The van der Waals surface area contributed by atoms with Gasteiger partial charge in [-0.3, -0.25) is 4.79 Å². The van der Waals surface area contributed by atoms with E-state index in [1.165, 1.54) is 0 Å². The predicted molar refractivity (Wildman–Crippen MR) is 62.4 cm³/mol. The highest BCUT2D eigenvalue weighted by Gasteiger charge is 2.30. The lowest BCUT2D eigenvalue weighted by atomic mass is 10.1. The molecule has 0 amide bonds. The number of nitrogens with zero attached hydrogens (tertiary/aromatic N) is 1. The zero-order chi connectivity index (χ0) is 11.4. The normalized spacial score (nSPS) is 15.3. The lowest BCUT2D eigenvalue weighted by Gasteiger charge is -2.01. The average Bonchev–Trinajstić information content (AvgIpc) is 3.03. The Morgan fingerprint density at radius 1 is 1.38 bits per heavy atom. The van der Waals surface area contributed by atoms with E-state index in [1.54, 1.807) is 0 Å². The minimum Gasteiger partial charge on any atom is -0.396 e. The Morgan fingerprint density at radius 3 is 2.88 bits per heavy atom. The van der Waals surface area contributed by atoms with Crippen LogP contribution < -0.4 is 0 Å². The number of unbranched alkanes of at least 4 members (excludes halogenated alkanes) is 2. The first-order valence-corrected chi connectivity index (χ1v) is 6.12. The Labute approximate surface area is 96.1 Å². The first kappa shape index (κ1) is 11.4. The molecule has 2 rings (SSSR count). The van der Waals surface area contributed by atoms with E-state index in [9.17, 15) is 4.79 Å². The van der Waals surface area contributed by atoms with Gasteiger partial charge in [-0.2, -0.15) is 0 Å². The third-order valence-electron chi connectivity index (χ3n) is 3.06. The zero-order valence-corrected chi connectivity index (χ0v) is 9.56. The van der Waals surface area contributed by atoms with Crippen LogP contribution in [0, 0.1) is 5.92 Å². The largest absolute Gasteiger partial charge is 0.396 e. The Morgan fingerprint density at radius 2 is 2.19 bits per heavy atom. The highest BCUT2D eigenvalue weighted by Crippen LogP contribution is 2.32. The van der Waals surface area contributed by atoms with Crippen molar-refractivity contribution in [3.05, 3.63) is 24.0 Å². The van der Waals surface area contributed by atoms with Gasteiger partial charge in [-0.05, 0) is 38.2 Å². The lowest BCUT2D eigenvalue weighted by Crippen LogP contribution is -2.00. The molecule has 0 radical (unpaired) electrons. The van der Waals surface area contributed by atoms with E-state index in [1.807, 2.05) is 18.5 Å². The van der Waals surface area contributed by atoms with E-state index in [-0.39, 0.29) is 6.61 Å². The maximum absolute atomic E-state index is 11.8. The second-order valence-electron chi connectivity index (χ2n) is 4.56. The summed E-state index contributed by atoms with van der Waals surface area (Å²) < 4.78 is 2.08. The molecular weight excluding hydrogens is 202 g/mol. The second-order valence-corrected chi connectivity index (χ2v) is 4.56. The molecule has 0 unspecified atom stereocenters. The molecule has 1 aromatic heterocycles. The summed E-state index contributed by atoms with van der Waals surface area (Å²) in [5, 5.41) is 8.66. The number of Topliss-reactive ketones (excluding diaryl/α,β-unsaturated/α-hetero) is 1. The Kier molecular flexibility index (Phi) is 3.78. The maximum atomic E-state index is 11.8. The van der Waals surface area contributed by atoms with E-state index in [0.717, 1.165) is 44.2 Å². The fraction of sp³-hybridized carbons (Fsp3) is 0.615. The molecule has 1 saturated carbocycles. The predicted octanol–water partition coefficient (Wildman–Crippen LogP) is 2.24. The molecule has 88 valence electrons. The Bertz CT molecular complexity index is 353. The van der Waals surface area contributed by atoms with Crippen LogP contribution in [0.5, 0.6) is 0 Å². The van der Waals surface area contributed by atoms with Crippen molar-refractivity contribution in [1.29, 1.82) is 0 Å². The summed E-state index contributed by atoms with van der Waals surface area (Å²) in [7, 11) is 0. The highest BCUT2D eigenvalue weighted by atomic mass is 16.2. The number of aryl methyl sites for hydroxylation is 1. The minimum atomic E-state index is 0.275. The number of aliphatic hydroxyl groups is 1. The van der Waals surface area contributed by atoms with Crippen molar-refractivity contribution in [1.82, 2.24) is 4.57 Å². The topological polar surface area (TPSA) is 42.2 Å². The molecule has 16 heavy (non-hydrogen) atoms. The SMILES string of the molecule is O=C(c1ccn(CCCCCO)c1)C1CC1. The standard InChI is InChI=1S/C13H19NO2/c15-9-3-1-2-7-14-8-6-12(10-14)13(16)11-4-5-11/h6,8,10-11,15H,1-5,7,9H2. The molecule has 1 heterocycles. The van der Waals surface area contributed by atoms with E-state index >= 15 is 0 Å². The molecule has 0 saturated heterocycles. The summed E-state index contributed by atoms with van der Waals surface area (Å²) in [5.41, 5.74) is 0.865. The number of carbonyl (C=O) groups excluding carboxylic acids is 1. The van der Waals surface area contributed by atoms with Crippen molar-refractivity contribution in [2.24, 2.45) is 5.92 Å². The third kappa shape index (κ3) is 2.95. The van der Waals surface area contributed by atoms with Crippen molar-refractivity contribution in [2.45, 2.75) is 38.6 Å². The van der Waals surface area contributed by atoms with Crippen LogP contribution in [0.25, 0.3) is 0 Å². The van der Waals surface area contributed by atoms with Crippen LogP contribution in [0.15, 0.2) is 18.5 Å². The summed E-state index contributed by atoms with van der Waals surface area (Å²) in [6.07, 6.45) is 9.05. The first-order chi connectivity index (χ1) is 7.81. The zero-order valence-electron chi connectivity index (χ0n) is 9.56. The van der Waals surface area contributed by atoms with Crippen molar-refractivity contribution >= 4 is 5.78 Å². The number of aliphatic hydroxyl groups excluding tert-OH is 1. The molecule has 3 nitrogen and oxygen atoms in total. The van der Waals surface area contributed by atoms with Gasteiger partial charge in [-0.25, -0.2) is 0 Å². The van der Waals surface area contributed by atoms with Gasteiger partial charge in [0.2, 0.25) is 0 Å². The van der Waals surface area contributed by atoms with Gasteiger partial charge in [0.15, 0.2) is 5.78 Å². The monoisotopic (exact) mass is 221 g/mol. The molecule has 1 aliphatic rings. The van der Waals surface area contributed by atoms with Gasteiger partial charge in [0, 0.05) is 37.0 Å². The first-order valence-electron chi connectivity index (χ1n) is 6.12. The van der Waals surface area contributed by atoms with Gasteiger partial charge in [-0.15, -0.1) is 0 Å². The lowest BCUT2D eigenvalue weighted by molar-refractivity contribution is 0.0967. The molecule has 1 aromatic rings. The van der Waals surface area contributed by atoms with Crippen LogP contribution >= 0.6 is 0 Å². The Balaban J connectivity index is 1.80. The molecular formula is C13H19NO2. The van der Waals surface area contributed by atoms with Crippen LogP contribution in [0.2, 0.25) is 0 Å². The molecule has 1 fully saturated rings. The highest BCUT2D eigenvalue weighted by molar-refractivity contribution is 5.99. The van der Waals surface area contributed by atoms with E-state index in [2.05, 4.69) is 4.57 Å². The molecule has 0 aliphatic heterocycles. The number of rotatable bonds is 7. The van der Waals surface area contributed by atoms with Crippen molar-refractivity contribution in [3.8, 4) is 0 Å². The summed E-state index contributed by atoms with van der Waals surface area (Å²) >= 11 is 0. The number of ketones is 1. The minimum absolute atomic E-state index is 0.275. The van der Waals surface area contributed by atoms with Gasteiger partial charge in [0.1, 0.15) is 0 Å².